The molecular weight excluding hydrogens is 544 g/mol. The molecule has 0 spiro atoms. The lowest BCUT2D eigenvalue weighted by atomic mass is 9.79. The molecule has 1 aliphatic carbocycles. The maximum absolute atomic E-state index is 5.47. The van der Waals surface area contributed by atoms with E-state index in [9.17, 15) is 0 Å². The van der Waals surface area contributed by atoms with E-state index in [0.29, 0.717) is 0 Å². The molecule has 0 saturated heterocycles. The molecule has 0 amide bonds. The fraction of sp³-hybridized carbons (Fsp3) is 0.0698. The number of hydrogen-bond acceptors (Lipinski definition) is 2. The molecule has 0 bridgehead atoms. The van der Waals surface area contributed by atoms with Crippen LogP contribution in [0.4, 0.5) is 0 Å². The van der Waals surface area contributed by atoms with Gasteiger partial charge in [-0.15, -0.1) is 0 Å². The maximum atomic E-state index is 5.47. The van der Waals surface area contributed by atoms with Crippen molar-refractivity contribution in [1.82, 2.24) is 9.97 Å². The molecule has 1 aromatic heterocycles. The van der Waals surface area contributed by atoms with Crippen molar-refractivity contribution in [2.75, 3.05) is 0 Å². The minimum absolute atomic E-state index is 0.161. The van der Waals surface area contributed by atoms with Crippen molar-refractivity contribution < 1.29 is 0 Å². The van der Waals surface area contributed by atoms with Crippen LogP contribution >= 0.6 is 0 Å². The fourth-order valence-electron chi connectivity index (χ4n) is 7.58. The van der Waals surface area contributed by atoms with Gasteiger partial charge < -0.3 is 0 Å². The number of fused-ring (bicyclic) bond motifs is 7. The third kappa shape index (κ3) is 3.89. The molecule has 45 heavy (non-hydrogen) atoms. The first-order valence-electron chi connectivity index (χ1n) is 15.6. The first-order valence-corrected chi connectivity index (χ1v) is 15.6. The predicted octanol–water partition coefficient (Wildman–Crippen LogP) is 11.2. The van der Waals surface area contributed by atoms with Crippen LogP contribution in [0.5, 0.6) is 0 Å². The Morgan fingerprint density at radius 3 is 1.98 bits per heavy atom. The van der Waals surface area contributed by atoms with E-state index in [2.05, 4.69) is 159 Å². The second kappa shape index (κ2) is 9.70. The molecule has 0 N–H and O–H groups in total. The monoisotopic (exact) mass is 574 g/mol. The Morgan fingerprint density at radius 2 is 1.11 bits per heavy atom. The lowest BCUT2D eigenvalue weighted by molar-refractivity contribution is 0.662. The maximum Gasteiger partial charge on any atom is 0.161 e. The summed E-state index contributed by atoms with van der Waals surface area (Å²) >= 11 is 0. The van der Waals surface area contributed by atoms with Gasteiger partial charge in [-0.1, -0.05) is 147 Å². The first kappa shape index (κ1) is 25.9. The summed E-state index contributed by atoms with van der Waals surface area (Å²) in [5.74, 6) is 0.745. The Labute approximate surface area is 262 Å². The normalized spacial score (nSPS) is 13.3. The van der Waals surface area contributed by atoms with Gasteiger partial charge in [0, 0.05) is 22.1 Å². The minimum atomic E-state index is -0.161. The Balaban J connectivity index is 1.39. The molecule has 7 aromatic carbocycles. The zero-order chi connectivity index (χ0) is 30.1. The van der Waals surface area contributed by atoms with Crippen LogP contribution in [0.25, 0.3) is 77.3 Å². The van der Waals surface area contributed by atoms with Crippen LogP contribution in [0.2, 0.25) is 0 Å². The average Bonchev–Trinajstić information content (AvgIpc) is 3.33. The number of hydrogen-bond donors (Lipinski definition) is 0. The summed E-state index contributed by atoms with van der Waals surface area (Å²) in [6, 6.07) is 52.2. The summed E-state index contributed by atoms with van der Waals surface area (Å²) in [6.07, 6.45) is 0. The number of benzene rings is 7. The molecule has 2 heteroatoms. The smallest absolute Gasteiger partial charge is 0.161 e. The van der Waals surface area contributed by atoms with E-state index in [0.717, 1.165) is 44.7 Å². The summed E-state index contributed by atoms with van der Waals surface area (Å²) in [5, 5.41) is 7.18. The first-order chi connectivity index (χ1) is 22.1. The van der Waals surface area contributed by atoms with Gasteiger partial charge in [-0.2, -0.15) is 0 Å². The average molecular weight is 575 g/mol. The van der Waals surface area contributed by atoms with Crippen LogP contribution in [-0.4, -0.2) is 9.97 Å². The lowest BCUT2D eigenvalue weighted by Crippen LogP contribution is -2.16. The molecule has 0 saturated carbocycles. The van der Waals surface area contributed by atoms with Crippen molar-refractivity contribution in [2.24, 2.45) is 0 Å². The minimum Gasteiger partial charge on any atom is -0.228 e. The Hall–Kier alpha value is -5.60. The molecule has 212 valence electrons. The summed E-state index contributed by atoms with van der Waals surface area (Å²) in [4.78, 5) is 10.8. The van der Waals surface area contributed by atoms with Crippen LogP contribution in [0.15, 0.2) is 146 Å². The Bertz CT molecular complexity index is 2450. The summed E-state index contributed by atoms with van der Waals surface area (Å²) in [5.41, 5.74) is 10.3. The molecule has 0 radical (unpaired) electrons. The topological polar surface area (TPSA) is 25.8 Å². The molecule has 2 nitrogen and oxygen atoms in total. The largest absolute Gasteiger partial charge is 0.228 e. The van der Waals surface area contributed by atoms with E-state index in [4.69, 9.17) is 9.97 Å². The van der Waals surface area contributed by atoms with Gasteiger partial charge in [0.1, 0.15) is 0 Å². The fourth-order valence-corrected chi connectivity index (χ4v) is 7.58. The summed E-state index contributed by atoms with van der Waals surface area (Å²) in [7, 11) is 0. The van der Waals surface area contributed by atoms with Gasteiger partial charge in [-0.05, 0) is 66.7 Å². The SMILES string of the molecule is CC1(C)c2ccccc2-c2cccc(-c3cc(-c4ccccc4)nc(-c4c5ccccc5cc5c4ccc4ccccc45)n3)c21. The molecule has 9 rings (SSSR count). The Morgan fingerprint density at radius 1 is 0.444 bits per heavy atom. The van der Waals surface area contributed by atoms with Crippen molar-refractivity contribution in [3.8, 4) is 45.0 Å². The standard InChI is InChI=1S/C43H30N2/c1-43(2)37-22-11-10-19-32(37)34-20-12-21-35(41(34)43)39-26-38(28-14-4-3-5-15-28)44-42(45-39)40-31-18-9-7-16-29(31)25-36-30-17-8-6-13-27(30)23-24-33(36)40/h3-26H,1-2H3. The van der Waals surface area contributed by atoms with Gasteiger partial charge in [0.05, 0.1) is 11.4 Å². The molecule has 0 fully saturated rings. The number of rotatable bonds is 3. The quantitative estimate of drug-likeness (QED) is 0.155. The molecule has 1 heterocycles. The van der Waals surface area contributed by atoms with Gasteiger partial charge in [-0.3, -0.25) is 0 Å². The lowest BCUT2D eigenvalue weighted by Gasteiger charge is -2.24. The van der Waals surface area contributed by atoms with Gasteiger partial charge in [-0.25, -0.2) is 9.97 Å². The third-order valence-corrected chi connectivity index (χ3v) is 9.65. The van der Waals surface area contributed by atoms with Crippen molar-refractivity contribution in [3.63, 3.8) is 0 Å². The molecule has 0 aliphatic heterocycles. The number of nitrogens with zero attached hydrogens (tertiary/aromatic N) is 2. The summed E-state index contributed by atoms with van der Waals surface area (Å²) < 4.78 is 0. The van der Waals surface area contributed by atoms with Crippen LogP contribution in [0.3, 0.4) is 0 Å². The van der Waals surface area contributed by atoms with E-state index < -0.39 is 0 Å². The van der Waals surface area contributed by atoms with E-state index in [1.165, 1.54) is 43.8 Å². The van der Waals surface area contributed by atoms with Gasteiger partial charge >= 0.3 is 0 Å². The highest BCUT2D eigenvalue weighted by Crippen LogP contribution is 2.52. The van der Waals surface area contributed by atoms with Crippen LogP contribution < -0.4 is 0 Å². The molecule has 1 aliphatic rings. The highest BCUT2D eigenvalue weighted by molar-refractivity contribution is 6.19. The van der Waals surface area contributed by atoms with Crippen LogP contribution in [-0.2, 0) is 5.41 Å². The zero-order valence-electron chi connectivity index (χ0n) is 25.3. The predicted molar refractivity (Wildman–Crippen MR) is 188 cm³/mol. The van der Waals surface area contributed by atoms with E-state index in [1.54, 1.807) is 0 Å². The second-order valence-electron chi connectivity index (χ2n) is 12.6. The molecule has 0 atom stereocenters. The van der Waals surface area contributed by atoms with Gasteiger partial charge in [0.2, 0.25) is 0 Å². The van der Waals surface area contributed by atoms with Crippen molar-refractivity contribution in [3.05, 3.63) is 157 Å². The molecule has 8 aromatic rings. The molecule has 0 unspecified atom stereocenters. The van der Waals surface area contributed by atoms with E-state index in [1.807, 2.05) is 0 Å². The number of aromatic nitrogens is 2. The summed E-state index contributed by atoms with van der Waals surface area (Å²) in [6.45, 7) is 4.68. The zero-order valence-corrected chi connectivity index (χ0v) is 25.3. The van der Waals surface area contributed by atoms with Gasteiger partial charge in [0.15, 0.2) is 5.82 Å². The second-order valence-corrected chi connectivity index (χ2v) is 12.6. The van der Waals surface area contributed by atoms with Crippen molar-refractivity contribution in [1.29, 1.82) is 0 Å². The van der Waals surface area contributed by atoms with Crippen molar-refractivity contribution in [2.45, 2.75) is 19.3 Å². The van der Waals surface area contributed by atoms with Crippen molar-refractivity contribution >= 4 is 32.3 Å². The highest BCUT2D eigenvalue weighted by atomic mass is 14.9. The highest BCUT2D eigenvalue weighted by Gasteiger charge is 2.37. The third-order valence-electron chi connectivity index (χ3n) is 9.65. The Kier molecular flexibility index (Phi) is 5.58. The van der Waals surface area contributed by atoms with Crippen LogP contribution in [0, 0.1) is 0 Å². The van der Waals surface area contributed by atoms with Gasteiger partial charge in [0.25, 0.3) is 0 Å². The van der Waals surface area contributed by atoms with Crippen LogP contribution in [0.1, 0.15) is 25.0 Å². The van der Waals surface area contributed by atoms with E-state index >= 15 is 0 Å². The molecular formula is C43H30N2. The van der Waals surface area contributed by atoms with E-state index in [-0.39, 0.29) is 5.41 Å².